The number of carbonyl (C=O) groups is 1. The van der Waals surface area contributed by atoms with Crippen LogP contribution in [0, 0.1) is 12.7 Å². The number of hydrogen-bond acceptors (Lipinski definition) is 1. The standard InChI is InChI=1S/C13H18FNO/c1-3-4-5-8-15-13(16)11-7-6-10(2)12(14)9-11/h6-7,9H,3-5,8H2,1-2H3,(H,15,16). The molecule has 0 saturated heterocycles. The summed E-state index contributed by atoms with van der Waals surface area (Å²) in [5, 5.41) is 2.77. The highest BCUT2D eigenvalue weighted by atomic mass is 19.1. The summed E-state index contributed by atoms with van der Waals surface area (Å²) in [5.74, 6) is -0.531. The molecular weight excluding hydrogens is 205 g/mol. The molecule has 0 aromatic heterocycles. The molecule has 0 aliphatic heterocycles. The van der Waals surface area contributed by atoms with E-state index in [1.54, 1.807) is 19.1 Å². The fourth-order valence-corrected chi connectivity index (χ4v) is 1.41. The van der Waals surface area contributed by atoms with Gasteiger partial charge in [-0.25, -0.2) is 4.39 Å². The van der Waals surface area contributed by atoms with Gasteiger partial charge >= 0.3 is 0 Å². The van der Waals surface area contributed by atoms with Crippen molar-refractivity contribution in [2.45, 2.75) is 33.1 Å². The van der Waals surface area contributed by atoms with Crippen molar-refractivity contribution in [1.29, 1.82) is 0 Å². The molecule has 0 aliphatic rings. The van der Waals surface area contributed by atoms with Gasteiger partial charge in [0, 0.05) is 12.1 Å². The molecule has 1 rings (SSSR count). The molecule has 0 radical (unpaired) electrons. The minimum atomic E-state index is -0.332. The number of rotatable bonds is 5. The van der Waals surface area contributed by atoms with Gasteiger partial charge in [-0.15, -0.1) is 0 Å². The molecule has 1 N–H and O–H groups in total. The molecule has 0 unspecified atom stereocenters. The monoisotopic (exact) mass is 223 g/mol. The maximum atomic E-state index is 13.2. The van der Waals surface area contributed by atoms with E-state index in [1.165, 1.54) is 6.07 Å². The van der Waals surface area contributed by atoms with Gasteiger partial charge in [0.15, 0.2) is 0 Å². The van der Waals surface area contributed by atoms with Gasteiger partial charge in [-0.2, -0.15) is 0 Å². The molecule has 1 aromatic carbocycles. The Hall–Kier alpha value is -1.38. The van der Waals surface area contributed by atoms with Gasteiger partial charge in [-0.05, 0) is 31.0 Å². The zero-order valence-electron chi connectivity index (χ0n) is 9.85. The van der Waals surface area contributed by atoms with Crippen LogP contribution in [0.1, 0.15) is 42.1 Å². The minimum Gasteiger partial charge on any atom is -0.352 e. The molecule has 16 heavy (non-hydrogen) atoms. The Bertz CT molecular complexity index is 363. The van der Waals surface area contributed by atoms with Gasteiger partial charge in [0.25, 0.3) is 5.91 Å². The summed E-state index contributed by atoms with van der Waals surface area (Å²) in [5.41, 5.74) is 0.946. The van der Waals surface area contributed by atoms with E-state index in [9.17, 15) is 9.18 Å². The van der Waals surface area contributed by atoms with Gasteiger partial charge in [-0.3, -0.25) is 4.79 Å². The van der Waals surface area contributed by atoms with Crippen molar-refractivity contribution in [3.05, 3.63) is 35.1 Å². The Balaban J connectivity index is 2.50. The lowest BCUT2D eigenvalue weighted by Gasteiger charge is -2.05. The van der Waals surface area contributed by atoms with Crippen molar-refractivity contribution < 1.29 is 9.18 Å². The highest BCUT2D eigenvalue weighted by Gasteiger charge is 2.06. The van der Waals surface area contributed by atoms with E-state index in [0.717, 1.165) is 19.3 Å². The predicted molar refractivity (Wildman–Crippen MR) is 63.0 cm³/mol. The van der Waals surface area contributed by atoms with Crippen LogP contribution >= 0.6 is 0 Å². The van der Waals surface area contributed by atoms with Crippen molar-refractivity contribution in [2.24, 2.45) is 0 Å². The van der Waals surface area contributed by atoms with Gasteiger partial charge < -0.3 is 5.32 Å². The van der Waals surface area contributed by atoms with Crippen LogP contribution in [0.25, 0.3) is 0 Å². The molecule has 2 nitrogen and oxygen atoms in total. The van der Waals surface area contributed by atoms with E-state index < -0.39 is 0 Å². The van der Waals surface area contributed by atoms with Crippen LogP contribution in [0.5, 0.6) is 0 Å². The van der Waals surface area contributed by atoms with Crippen molar-refractivity contribution >= 4 is 5.91 Å². The first-order valence-electron chi connectivity index (χ1n) is 5.69. The van der Waals surface area contributed by atoms with Crippen LogP contribution in [-0.4, -0.2) is 12.5 Å². The first-order valence-corrected chi connectivity index (χ1v) is 5.69. The normalized spacial score (nSPS) is 10.2. The quantitative estimate of drug-likeness (QED) is 0.764. The lowest BCUT2D eigenvalue weighted by atomic mass is 10.1. The summed E-state index contributed by atoms with van der Waals surface area (Å²) in [6.45, 7) is 4.44. The molecule has 0 saturated carbocycles. The molecule has 0 spiro atoms. The average molecular weight is 223 g/mol. The second kappa shape index (κ2) is 6.26. The highest BCUT2D eigenvalue weighted by molar-refractivity contribution is 5.94. The molecule has 0 bridgehead atoms. The molecule has 1 aromatic rings. The third-order valence-electron chi connectivity index (χ3n) is 2.50. The van der Waals surface area contributed by atoms with Crippen LogP contribution in [-0.2, 0) is 0 Å². The number of amides is 1. The second-order valence-electron chi connectivity index (χ2n) is 3.93. The largest absolute Gasteiger partial charge is 0.352 e. The minimum absolute atomic E-state index is 0.199. The SMILES string of the molecule is CCCCCNC(=O)c1ccc(C)c(F)c1. The van der Waals surface area contributed by atoms with E-state index in [-0.39, 0.29) is 11.7 Å². The second-order valence-corrected chi connectivity index (χ2v) is 3.93. The van der Waals surface area contributed by atoms with E-state index in [4.69, 9.17) is 0 Å². The maximum Gasteiger partial charge on any atom is 0.251 e. The summed E-state index contributed by atoms with van der Waals surface area (Å²) >= 11 is 0. The van der Waals surface area contributed by atoms with E-state index >= 15 is 0 Å². The van der Waals surface area contributed by atoms with Crippen LogP contribution in [0.4, 0.5) is 4.39 Å². The number of hydrogen-bond donors (Lipinski definition) is 1. The summed E-state index contributed by atoms with van der Waals surface area (Å²) in [7, 11) is 0. The fraction of sp³-hybridized carbons (Fsp3) is 0.462. The van der Waals surface area contributed by atoms with Gasteiger partial charge in [0.05, 0.1) is 0 Å². The number of unbranched alkanes of at least 4 members (excludes halogenated alkanes) is 2. The molecular formula is C13H18FNO. The summed E-state index contributed by atoms with van der Waals surface area (Å²) in [6.07, 6.45) is 3.19. The van der Waals surface area contributed by atoms with Crippen molar-refractivity contribution in [2.75, 3.05) is 6.54 Å². The number of halogens is 1. The first kappa shape index (κ1) is 12.7. The van der Waals surface area contributed by atoms with E-state index in [0.29, 0.717) is 17.7 Å². The summed E-state index contributed by atoms with van der Waals surface area (Å²) in [4.78, 5) is 11.6. The number of carbonyl (C=O) groups excluding carboxylic acids is 1. The number of nitrogens with one attached hydrogen (secondary N) is 1. The summed E-state index contributed by atoms with van der Waals surface area (Å²) < 4.78 is 13.2. The number of benzene rings is 1. The Morgan fingerprint density at radius 2 is 2.12 bits per heavy atom. The van der Waals surface area contributed by atoms with E-state index in [2.05, 4.69) is 12.2 Å². The Labute approximate surface area is 95.9 Å². The van der Waals surface area contributed by atoms with Crippen LogP contribution in [0.3, 0.4) is 0 Å². The lowest BCUT2D eigenvalue weighted by Crippen LogP contribution is -2.24. The van der Waals surface area contributed by atoms with Crippen LogP contribution < -0.4 is 5.32 Å². The zero-order valence-corrected chi connectivity index (χ0v) is 9.85. The molecule has 0 fully saturated rings. The van der Waals surface area contributed by atoms with Crippen molar-refractivity contribution in [3.63, 3.8) is 0 Å². The smallest absolute Gasteiger partial charge is 0.251 e. The Morgan fingerprint density at radius 1 is 1.38 bits per heavy atom. The van der Waals surface area contributed by atoms with Gasteiger partial charge in [0.2, 0.25) is 0 Å². The molecule has 0 atom stereocenters. The third kappa shape index (κ3) is 3.65. The van der Waals surface area contributed by atoms with E-state index in [1.807, 2.05) is 0 Å². The van der Waals surface area contributed by atoms with Crippen LogP contribution in [0.15, 0.2) is 18.2 Å². The molecule has 88 valence electrons. The first-order chi connectivity index (χ1) is 7.65. The van der Waals surface area contributed by atoms with Gasteiger partial charge in [0.1, 0.15) is 5.82 Å². The number of aryl methyl sites for hydroxylation is 1. The van der Waals surface area contributed by atoms with Crippen LogP contribution in [0.2, 0.25) is 0 Å². The van der Waals surface area contributed by atoms with Gasteiger partial charge in [-0.1, -0.05) is 25.8 Å². The zero-order chi connectivity index (χ0) is 12.0. The maximum absolute atomic E-state index is 13.2. The molecule has 3 heteroatoms. The summed E-state index contributed by atoms with van der Waals surface area (Å²) in [6, 6.07) is 4.55. The Morgan fingerprint density at radius 3 is 2.75 bits per heavy atom. The lowest BCUT2D eigenvalue weighted by molar-refractivity contribution is 0.0952. The predicted octanol–water partition coefficient (Wildman–Crippen LogP) is 3.05. The highest BCUT2D eigenvalue weighted by Crippen LogP contribution is 2.09. The van der Waals surface area contributed by atoms with Crippen molar-refractivity contribution in [1.82, 2.24) is 5.32 Å². The topological polar surface area (TPSA) is 29.1 Å². The third-order valence-corrected chi connectivity index (χ3v) is 2.50. The Kier molecular flexibility index (Phi) is 4.96. The fourth-order valence-electron chi connectivity index (χ4n) is 1.41. The average Bonchev–Trinajstić information content (AvgIpc) is 2.28. The van der Waals surface area contributed by atoms with Crippen molar-refractivity contribution in [3.8, 4) is 0 Å². The molecule has 0 aliphatic carbocycles. The molecule has 1 amide bonds. The molecule has 0 heterocycles.